The van der Waals surface area contributed by atoms with Gasteiger partial charge in [0.15, 0.2) is 5.96 Å². The smallest absolute Gasteiger partial charge is 0.188 e. The first-order chi connectivity index (χ1) is 11.5. The number of aliphatic hydroxyl groups excluding tert-OH is 1. The molecule has 1 aromatic rings. The van der Waals surface area contributed by atoms with Crippen LogP contribution in [0.3, 0.4) is 0 Å². The highest BCUT2D eigenvalue weighted by Crippen LogP contribution is 2.08. The van der Waals surface area contributed by atoms with Crippen LogP contribution in [0.4, 0.5) is 0 Å². The first-order valence-corrected chi connectivity index (χ1v) is 8.83. The van der Waals surface area contributed by atoms with E-state index in [1.165, 1.54) is 12.8 Å². The van der Waals surface area contributed by atoms with Gasteiger partial charge in [0.1, 0.15) is 0 Å². The maximum Gasteiger partial charge on any atom is 0.188 e. The Labute approximate surface area is 169 Å². The summed E-state index contributed by atoms with van der Waals surface area (Å²) in [6.07, 6.45) is 2.82. The Morgan fingerprint density at radius 3 is 2.52 bits per heavy atom. The lowest BCUT2D eigenvalue weighted by atomic mass is 10.0. The van der Waals surface area contributed by atoms with Crippen LogP contribution in [0.25, 0.3) is 0 Å². The van der Waals surface area contributed by atoms with Gasteiger partial charge >= 0.3 is 0 Å². The molecule has 0 radical (unpaired) electrons. The highest BCUT2D eigenvalue weighted by molar-refractivity contribution is 14.0. The molecular weight excluding hydrogens is 429 g/mol. The van der Waals surface area contributed by atoms with Gasteiger partial charge in [-0.05, 0) is 24.8 Å². The number of benzene rings is 1. The maximum absolute atomic E-state index is 9.90. The number of guanidine groups is 1. The van der Waals surface area contributed by atoms with Gasteiger partial charge in [-0.2, -0.15) is 0 Å². The molecule has 0 saturated heterocycles. The number of nitrogens with one attached hydrogen (secondary N) is 1. The van der Waals surface area contributed by atoms with Crippen molar-refractivity contribution in [1.82, 2.24) is 5.32 Å². The van der Waals surface area contributed by atoms with Crippen LogP contribution in [0.15, 0.2) is 35.3 Å². The number of hydrogen-bond acceptors (Lipinski definition) is 3. The molecule has 0 aliphatic rings. The van der Waals surface area contributed by atoms with E-state index in [0.717, 1.165) is 17.9 Å². The number of ether oxygens (including phenoxy) is 1. The zero-order valence-electron chi connectivity index (χ0n) is 15.6. The third-order valence-corrected chi connectivity index (χ3v) is 3.71. The second-order valence-electron chi connectivity index (χ2n) is 6.75. The summed E-state index contributed by atoms with van der Waals surface area (Å²) >= 11 is 0. The number of hydrogen-bond donors (Lipinski definition) is 3. The van der Waals surface area contributed by atoms with Crippen molar-refractivity contribution >= 4 is 29.9 Å². The van der Waals surface area contributed by atoms with Crippen molar-refractivity contribution in [2.75, 3.05) is 13.2 Å². The fourth-order valence-corrected chi connectivity index (χ4v) is 2.35. The summed E-state index contributed by atoms with van der Waals surface area (Å²) in [5, 5.41) is 13.1. The minimum Gasteiger partial charge on any atom is -0.389 e. The Bertz CT molecular complexity index is 469. The molecule has 0 aliphatic carbocycles. The molecule has 0 amide bonds. The molecule has 1 aromatic carbocycles. The van der Waals surface area contributed by atoms with Gasteiger partial charge in [-0.25, -0.2) is 0 Å². The molecule has 2 atom stereocenters. The average molecular weight is 463 g/mol. The van der Waals surface area contributed by atoms with E-state index in [9.17, 15) is 5.11 Å². The minimum absolute atomic E-state index is 0. The number of halogens is 1. The van der Waals surface area contributed by atoms with Gasteiger partial charge in [-0.15, -0.1) is 24.0 Å². The standard InChI is InChI=1S/C19H33N3O2.HI/c1-15(2)8-7-9-16(3)22-19(20)21-12-18(23)14-24-13-17-10-5-4-6-11-17;/h4-6,10-11,15-16,18,23H,7-9,12-14H2,1-3H3,(H3,20,21,22);1H. The Hall–Kier alpha value is -0.860. The number of nitrogens with zero attached hydrogens (tertiary/aromatic N) is 1. The molecule has 0 aromatic heterocycles. The van der Waals surface area contributed by atoms with Crippen molar-refractivity contribution in [3.63, 3.8) is 0 Å². The monoisotopic (exact) mass is 463 g/mol. The summed E-state index contributed by atoms with van der Waals surface area (Å²) < 4.78 is 5.49. The van der Waals surface area contributed by atoms with E-state index in [2.05, 4.69) is 31.1 Å². The molecule has 1 rings (SSSR count). The van der Waals surface area contributed by atoms with Gasteiger partial charge in [-0.3, -0.25) is 4.99 Å². The van der Waals surface area contributed by atoms with Crippen molar-refractivity contribution in [1.29, 1.82) is 0 Å². The molecule has 2 unspecified atom stereocenters. The van der Waals surface area contributed by atoms with Gasteiger partial charge in [0, 0.05) is 6.04 Å². The Kier molecular flexibility index (Phi) is 13.8. The lowest BCUT2D eigenvalue weighted by Crippen LogP contribution is -2.39. The Morgan fingerprint density at radius 1 is 1.20 bits per heavy atom. The SMILES string of the molecule is CC(C)CCCC(C)NC(N)=NCC(O)COCc1ccccc1.I. The van der Waals surface area contributed by atoms with Crippen molar-refractivity contribution < 1.29 is 9.84 Å². The van der Waals surface area contributed by atoms with Crippen LogP contribution in [0.5, 0.6) is 0 Å². The molecular formula is C19H34IN3O2. The molecule has 0 aliphatic heterocycles. The summed E-state index contributed by atoms with van der Waals surface area (Å²) in [6.45, 7) is 7.54. The highest BCUT2D eigenvalue weighted by Gasteiger charge is 2.06. The molecule has 5 nitrogen and oxygen atoms in total. The van der Waals surface area contributed by atoms with E-state index >= 15 is 0 Å². The summed E-state index contributed by atoms with van der Waals surface area (Å²) in [7, 11) is 0. The van der Waals surface area contributed by atoms with Crippen LogP contribution < -0.4 is 11.1 Å². The third kappa shape index (κ3) is 13.1. The zero-order valence-corrected chi connectivity index (χ0v) is 18.0. The topological polar surface area (TPSA) is 79.9 Å². The van der Waals surface area contributed by atoms with Crippen LogP contribution in [0.1, 0.15) is 45.6 Å². The van der Waals surface area contributed by atoms with Crippen molar-refractivity contribution in [3.05, 3.63) is 35.9 Å². The quantitative estimate of drug-likeness (QED) is 0.267. The average Bonchev–Trinajstić information content (AvgIpc) is 2.53. The molecule has 0 heterocycles. The van der Waals surface area contributed by atoms with Crippen molar-refractivity contribution in [2.45, 2.75) is 58.8 Å². The third-order valence-electron chi connectivity index (χ3n) is 3.71. The zero-order chi connectivity index (χ0) is 17.8. The molecule has 0 spiro atoms. The Morgan fingerprint density at radius 2 is 1.88 bits per heavy atom. The molecule has 25 heavy (non-hydrogen) atoms. The van der Waals surface area contributed by atoms with Gasteiger partial charge in [-0.1, -0.05) is 57.0 Å². The largest absolute Gasteiger partial charge is 0.389 e. The fourth-order valence-electron chi connectivity index (χ4n) is 2.35. The second kappa shape index (κ2) is 14.3. The summed E-state index contributed by atoms with van der Waals surface area (Å²) in [5.41, 5.74) is 6.95. The van der Waals surface area contributed by atoms with Gasteiger partial charge in [0.25, 0.3) is 0 Å². The van der Waals surface area contributed by atoms with E-state index in [-0.39, 0.29) is 37.1 Å². The van der Waals surface area contributed by atoms with Gasteiger partial charge in [0.05, 0.1) is 25.9 Å². The number of aliphatic imine (C=N–C) groups is 1. The molecule has 144 valence electrons. The van der Waals surface area contributed by atoms with Gasteiger partial charge in [0.2, 0.25) is 0 Å². The molecule has 0 saturated carbocycles. The van der Waals surface area contributed by atoms with E-state index in [1.807, 2.05) is 30.3 Å². The van der Waals surface area contributed by atoms with E-state index in [4.69, 9.17) is 10.5 Å². The highest BCUT2D eigenvalue weighted by atomic mass is 127. The lowest BCUT2D eigenvalue weighted by molar-refractivity contribution is 0.0331. The summed E-state index contributed by atoms with van der Waals surface area (Å²) in [4.78, 5) is 4.19. The van der Waals surface area contributed by atoms with Crippen LogP contribution in [-0.2, 0) is 11.3 Å². The minimum atomic E-state index is -0.648. The summed E-state index contributed by atoms with van der Waals surface area (Å²) in [5.74, 6) is 1.11. The normalized spacial score (nSPS) is 14.0. The van der Waals surface area contributed by atoms with Crippen LogP contribution in [-0.4, -0.2) is 36.4 Å². The fraction of sp³-hybridized carbons (Fsp3) is 0.632. The van der Waals surface area contributed by atoms with Gasteiger partial charge < -0.3 is 20.9 Å². The first-order valence-electron chi connectivity index (χ1n) is 8.83. The lowest BCUT2D eigenvalue weighted by Gasteiger charge is -2.15. The first kappa shape index (κ1) is 24.1. The van der Waals surface area contributed by atoms with Crippen LogP contribution >= 0.6 is 24.0 Å². The second-order valence-corrected chi connectivity index (χ2v) is 6.75. The van der Waals surface area contributed by atoms with Crippen LogP contribution in [0, 0.1) is 5.92 Å². The van der Waals surface area contributed by atoms with Crippen molar-refractivity contribution in [2.24, 2.45) is 16.6 Å². The van der Waals surface area contributed by atoms with Crippen LogP contribution in [0.2, 0.25) is 0 Å². The predicted octanol–water partition coefficient (Wildman–Crippen LogP) is 3.30. The van der Waals surface area contributed by atoms with Crippen molar-refractivity contribution in [3.8, 4) is 0 Å². The maximum atomic E-state index is 9.90. The number of rotatable bonds is 11. The van der Waals surface area contributed by atoms with E-state index in [0.29, 0.717) is 18.6 Å². The Balaban J connectivity index is 0.00000576. The molecule has 0 fully saturated rings. The molecule has 6 heteroatoms. The number of nitrogens with two attached hydrogens (primary N) is 1. The van der Waals surface area contributed by atoms with E-state index < -0.39 is 6.10 Å². The summed E-state index contributed by atoms with van der Waals surface area (Å²) in [6, 6.07) is 10.2. The molecule has 0 bridgehead atoms. The number of aliphatic hydroxyl groups is 1. The predicted molar refractivity (Wildman–Crippen MR) is 115 cm³/mol. The molecule has 4 N–H and O–H groups in total. The van der Waals surface area contributed by atoms with E-state index in [1.54, 1.807) is 0 Å².